The fourth-order valence-corrected chi connectivity index (χ4v) is 2.54. The summed E-state index contributed by atoms with van der Waals surface area (Å²) in [5, 5.41) is 6.96. The largest absolute Gasteiger partial charge is 0.342 e. The van der Waals surface area contributed by atoms with Crippen LogP contribution in [0, 0.1) is 5.92 Å². The highest BCUT2D eigenvalue weighted by Gasteiger charge is 2.45. The number of carbonyl (C=O) groups excluding carboxylic acids is 2. The molecule has 0 aromatic carbocycles. The number of aromatic nitrogens is 2. The van der Waals surface area contributed by atoms with E-state index in [0.717, 1.165) is 12.8 Å². The maximum absolute atomic E-state index is 12.4. The van der Waals surface area contributed by atoms with Crippen molar-refractivity contribution in [3.63, 3.8) is 0 Å². The van der Waals surface area contributed by atoms with E-state index in [2.05, 4.69) is 10.4 Å². The fraction of sp³-hybridized carbons (Fsp3) is 0.615. The van der Waals surface area contributed by atoms with Gasteiger partial charge in [-0.1, -0.05) is 0 Å². The second-order valence-electron chi connectivity index (χ2n) is 5.30. The van der Waals surface area contributed by atoms with Crippen LogP contribution in [0.2, 0.25) is 0 Å². The monoisotopic (exact) mass is 262 g/mol. The molecule has 0 bridgehead atoms. The van der Waals surface area contributed by atoms with Gasteiger partial charge in [-0.2, -0.15) is 5.10 Å². The summed E-state index contributed by atoms with van der Waals surface area (Å²) in [7, 11) is 0. The number of amides is 2. The van der Waals surface area contributed by atoms with Crippen molar-refractivity contribution in [1.82, 2.24) is 20.0 Å². The van der Waals surface area contributed by atoms with E-state index < -0.39 is 6.04 Å². The summed E-state index contributed by atoms with van der Waals surface area (Å²) < 4.78 is 1.78. The highest BCUT2D eigenvalue weighted by atomic mass is 16.2. The Hall–Kier alpha value is -1.85. The minimum Gasteiger partial charge on any atom is -0.342 e. The zero-order chi connectivity index (χ0) is 13.4. The van der Waals surface area contributed by atoms with Gasteiger partial charge in [0.25, 0.3) is 0 Å². The summed E-state index contributed by atoms with van der Waals surface area (Å²) in [5.74, 6) is 0.356. The van der Waals surface area contributed by atoms with Crippen LogP contribution in [0.25, 0.3) is 0 Å². The van der Waals surface area contributed by atoms with Gasteiger partial charge in [0.1, 0.15) is 12.1 Å². The lowest BCUT2D eigenvalue weighted by Crippen LogP contribution is -2.63. The van der Waals surface area contributed by atoms with E-state index in [1.165, 1.54) is 0 Å². The van der Waals surface area contributed by atoms with Gasteiger partial charge in [0, 0.05) is 18.9 Å². The number of nitrogens with one attached hydrogen (secondary N) is 1. The molecule has 6 heteroatoms. The first kappa shape index (κ1) is 12.2. The van der Waals surface area contributed by atoms with Gasteiger partial charge in [0.05, 0.1) is 6.54 Å². The van der Waals surface area contributed by atoms with Gasteiger partial charge in [0.2, 0.25) is 11.8 Å². The molecule has 1 aromatic rings. The van der Waals surface area contributed by atoms with Crippen LogP contribution < -0.4 is 5.32 Å². The molecule has 2 heterocycles. The molecule has 1 aromatic heterocycles. The molecule has 0 radical (unpaired) electrons. The summed E-state index contributed by atoms with van der Waals surface area (Å²) in [6.07, 6.45) is 5.65. The first-order valence-electron chi connectivity index (χ1n) is 6.75. The van der Waals surface area contributed by atoms with Crippen LogP contribution in [0.5, 0.6) is 0 Å². The number of piperazine rings is 1. The van der Waals surface area contributed by atoms with Crippen molar-refractivity contribution in [1.29, 1.82) is 0 Å². The van der Waals surface area contributed by atoms with Gasteiger partial charge in [-0.25, -0.2) is 0 Å². The van der Waals surface area contributed by atoms with Crippen LogP contribution in [-0.4, -0.2) is 45.1 Å². The summed E-state index contributed by atoms with van der Waals surface area (Å²) in [5.41, 5.74) is 0. The average molecular weight is 262 g/mol. The second-order valence-corrected chi connectivity index (χ2v) is 5.30. The molecule has 19 heavy (non-hydrogen) atoms. The van der Waals surface area contributed by atoms with E-state index in [9.17, 15) is 9.59 Å². The number of nitrogens with zero attached hydrogens (tertiary/aromatic N) is 3. The van der Waals surface area contributed by atoms with Crippen molar-refractivity contribution in [2.75, 3.05) is 6.54 Å². The normalized spacial score (nSPS) is 27.5. The molecule has 2 amide bonds. The highest BCUT2D eigenvalue weighted by Crippen LogP contribution is 2.34. The van der Waals surface area contributed by atoms with E-state index in [4.69, 9.17) is 0 Å². The third-order valence-corrected chi connectivity index (χ3v) is 3.92. The summed E-state index contributed by atoms with van der Waals surface area (Å²) >= 11 is 0. The minimum absolute atomic E-state index is 0.0445. The Balaban J connectivity index is 1.69. The number of rotatable bonds is 4. The number of hydrogen-bond donors (Lipinski definition) is 1. The number of carbonyl (C=O) groups is 2. The SMILES string of the molecule is CC1C(=O)NC(C2CC2)C(=O)N1CCn1cccn1. The predicted molar refractivity (Wildman–Crippen MR) is 68.1 cm³/mol. The van der Waals surface area contributed by atoms with Gasteiger partial charge >= 0.3 is 0 Å². The second kappa shape index (κ2) is 4.68. The lowest BCUT2D eigenvalue weighted by atomic mass is 10.0. The molecule has 1 N–H and O–H groups in total. The zero-order valence-electron chi connectivity index (χ0n) is 11.0. The summed E-state index contributed by atoms with van der Waals surface area (Å²) in [6.45, 7) is 2.92. The van der Waals surface area contributed by atoms with E-state index in [1.807, 2.05) is 12.3 Å². The van der Waals surface area contributed by atoms with Crippen molar-refractivity contribution in [2.24, 2.45) is 5.92 Å². The molecule has 1 saturated heterocycles. The van der Waals surface area contributed by atoms with Gasteiger partial charge < -0.3 is 10.2 Å². The summed E-state index contributed by atoms with van der Waals surface area (Å²) in [4.78, 5) is 26.0. The quantitative estimate of drug-likeness (QED) is 0.831. The Labute approximate surface area is 111 Å². The maximum atomic E-state index is 12.4. The van der Waals surface area contributed by atoms with Crippen LogP contribution in [0.1, 0.15) is 19.8 Å². The first-order chi connectivity index (χ1) is 9.16. The summed E-state index contributed by atoms with van der Waals surface area (Å²) in [6, 6.07) is 1.15. The smallest absolute Gasteiger partial charge is 0.246 e. The predicted octanol–water partition coefficient (Wildman–Crippen LogP) is 0.00860. The van der Waals surface area contributed by atoms with Crippen molar-refractivity contribution in [3.05, 3.63) is 18.5 Å². The van der Waals surface area contributed by atoms with Crippen molar-refractivity contribution in [3.8, 4) is 0 Å². The maximum Gasteiger partial charge on any atom is 0.246 e. The number of hydrogen-bond acceptors (Lipinski definition) is 3. The fourth-order valence-electron chi connectivity index (χ4n) is 2.54. The zero-order valence-corrected chi connectivity index (χ0v) is 11.0. The third-order valence-electron chi connectivity index (χ3n) is 3.92. The highest BCUT2D eigenvalue weighted by molar-refractivity contribution is 5.97. The van der Waals surface area contributed by atoms with Crippen LogP contribution in [0.4, 0.5) is 0 Å². The Morgan fingerprint density at radius 1 is 1.37 bits per heavy atom. The third kappa shape index (κ3) is 2.34. The molecule has 6 nitrogen and oxygen atoms in total. The molecule has 3 rings (SSSR count). The topological polar surface area (TPSA) is 67.2 Å². The molecule has 102 valence electrons. The molecule has 2 atom stereocenters. The molecule has 2 aliphatic rings. The Bertz CT molecular complexity index is 481. The van der Waals surface area contributed by atoms with Gasteiger partial charge in [-0.3, -0.25) is 14.3 Å². The van der Waals surface area contributed by atoms with Gasteiger partial charge in [-0.15, -0.1) is 0 Å². The molecule has 0 spiro atoms. The molecule has 1 saturated carbocycles. The van der Waals surface area contributed by atoms with E-state index in [1.54, 1.807) is 22.7 Å². The van der Waals surface area contributed by atoms with Gasteiger partial charge in [-0.05, 0) is 31.7 Å². The molecule has 2 fully saturated rings. The molecular weight excluding hydrogens is 244 g/mol. The van der Waals surface area contributed by atoms with E-state index in [0.29, 0.717) is 19.0 Å². The Kier molecular flexibility index (Phi) is 3.00. The molecule has 1 aliphatic heterocycles. The van der Waals surface area contributed by atoms with Crippen molar-refractivity contribution >= 4 is 11.8 Å². The minimum atomic E-state index is -0.391. The molecule has 2 unspecified atom stereocenters. The van der Waals surface area contributed by atoms with E-state index in [-0.39, 0.29) is 17.9 Å². The van der Waals surface area contributed by atoms with Crippen LogP contribution >= 0.6 is 0 Å². The molecule has 1 aliphatic carbocycles. The Morgan fingerprint density at radius 2 is 2.16 bits per heavy atom. The lowest BCUT2D eigenvalue weighted by Gasteiger charge is -2.37. The lowest BCUT2D eigenvalue weighted by molar-refractivity contribution is -0.149. The van der Waals surface area contributed by atoms with Crippen LogP contribution in [-0.2, 0) is 16.1 Å². The van der Waals surface area contributed by atoms with Gasteiger partial charge in [0.15, 0.2) is 0 Å². The standard InChI is InChI=1S/C13H18N4O2/c1-9-12(18)15-11(10-3-4-10)13(19)17(9)8-7-16-6-2-5-14-16/h2,5-6,9-11H,3-4,7-8H2,1H3,(H,15,18). The van der Waals surface area contributed by atoms with Crippen molar-refractivity contribution < 1.29 is 9.59 Å². The van der Waals surface area contributed by atoms with Crippen molar-refractivity contribution in [2.45, 2.75) is 38.4 Å². The van der Waals surface area contributed by atoms with E-state index >= 15 is 0 Å². The molecular formula is C13H18N4O2. The van der Waals surface area contributed by atoms with Crippen LogP contribution in [0.3, 0.4) is 0 Å². The van der Waals surface area contributed by atoms with Crippen LogP contribution in [0.15, 0.2) is 18.5 Å². The Morgan fingerprint density at radius 3 is 2.79 bits per heavy atom. The average Bonchev–Trinajstić information content (AvgIpc) is 3.10. The first-order valence-corrected chi connectivity index (χ1v) is 6.75.